The average molecular weight is 563 g/mol. The molecule has 6 nitrogen and oxygen atoms in total. The fourth-order valence-corrected chi connectivity index (χ4v) is 4.71. The predicted molar refractivity (Wildman–Crippen MR) is 134 cm³/mol. The second-order valence-electron chi connectivity index (χ2n) is 9.24. The summed E-state index contributed by atoms with van der Waals surface area (Å²) in [5, 5.41) is 5.72. The minimum absolute atomic E-state index is 0.0139. The first kappa shape index (κ1) is 27.4. The van der Waals surface area contributed by atoms with Gasteiger partial charge in [-0.3, -0.25) is 4.90 Å². The average Bonchev–Trinajstić information content (AvgIpc) is 3.44. The second kappa shape index (κ2) is 10.4. The highest BCUT2D eigenvalue weighted by atomic mass is 19.3. The molecule has 0 aromatic heterocycles. The Hall–Kier alpha value is -4.22. The number of rotatable bonds is 7. The van der Waals surface area contributed by atoms with Gasteiger partial charge in [0.15, 0.2) is 0 Å². The highest BCUT2D eigenvalue weighted by molar-refractivity contribution is 6.08. The van der Waals surface area contributed by atoms with Gasteiger partial charge in [0.2, 0.25) is 0 Å². The number of benzene rings is 3. The van der Waals surface area contributed by atoms with Crippen LogP contribution in [0, 0.1) is 0 Å². The maximum atomic E-state index is 14.4. The van der Waals surface area contributed by atoms with Crippen LogP contribution in [0.4, 0.5) is 36.8 Å². The Morgan fingerprint density at radius 3 is 2.42 bits per heavy atom. The van der Waals surface area contributed by atoms with Crippen molar-refractivity contribution in [2.45, 2.75) is 37.9 Å². The topological polar surface area (TPSA) is 54.4 Å². The van der Waals surface area contributed by atoms with Gasteiger partial charge in [-0.25, -0.2) is 9.80 Å². The van der Waals surface area contributed by atoms with Crippen LogP contribution in [0.2, 0.25) is 0 Å². The van der Waals surface area contributed by atoms with Crippen LogP contribution >= 0.6 is 0 Å². The van der Waals surface area contributed by atoms with E-state index in [1.54, 1.807) is 19.1 Å². The molecule has 1 atom stereocenters. The SMILES string of the molecule is CCCN(C(=O)N1CC(c2ccccc2)C(c2ccc(OC(F)F)cc2)=N1)c1ccc2c(c1)C(F)(F)C(F)(F)O2. The third-order valence-electron chi connectivity index (χ3n) is 6.61. The maximum absolute atomic E-state index is 14.4. The second-order valence-corrected chi connectivity index (χ2v) is 9.24. The third-order valence-corrected chi connectivity index (χ3v) is 6.61. The summed E-state index contributed by atoms with van der Waals surface area (Å²) in [4.78, 5) is 14.9. The molecule has 2 aliphatic rings. The Morgan fingerprint density at radius 1 is 1.07 bits per heavy atom. The number of hydrazone groups is 1. The summed E-state index contributed by atoms with van der Waals surface area (Å²) in [7, 11) is 0. The van der Waals surface area contributed by atoms with Gasteiger partial charge in [0, 0.05) is 18.2 Å². The molecule has 0 saturated carbocycles. The number of urea groups is 1. The van der Waals surface area contributed by atoms with Gasteiger partial charge in [-0.15, -0.1) is 0 Å². The number of carbonyl (C=O) groups excluding carboxylic acids is 1. The number of amides is 2. The van der Waals surface area contributed by atoms with Crippen LogP contribution in [0.3, 0.4) is 0 Å². The van der Waals surface area contributed by atoms with Crippen molar-refractivity contribution in [2.24, 2.45) is 5.10 Å². The zero-order chi connectivity index (χ0) is 28.7. The van der Waals surface area contributed by atoms with E-state index < -0.39 is 41.9 Å². The van der Waals surface area contributed by atoms with Crippen molar-refractivity contribution in [1.82, 2.24) is 5.01 Å². The van der Waals surface area contributed by atoms with Gasteiger partial charge in [0.25, 0.3) is 0 Å². The Balaban J connectivity index is 1.48. The summed E-state index contributed by atoms with van der Waals surface area (Å²) >= 11 is 0. The predicted octanol–water partition coefficient (Wildman–Crippen LogP) is 7.21. The molecule has 0 fully saturated rings. The van der Waals surface area contributed by atoms with Crippen LogP contribution in [-0.4, -0.2) is 42.6 Å². The van der Waals surface area contributed by atoms with Crippen molar-refractivity contribution < 1.29 is 40.6 Å². The van der Waals surface area contributed by atoms with Crippen molar-refractivity contribution in [3.05, 3.63) is 89.5 Å². The first-order valence-corrected chi connectivity index (χ1v) is 12.4. The number of carbonyl (C=O) groups is 1. The van der Waals surface area contributed by atoms with Crippen LogP contribution in [0.1, 0.15) is 36.0 Å². The summed E-state index contributed by atoms with van der Waals surface area (Å²) in [6.07, 6.45) is -4.27. The van der Waals surface area contributed by atoms with Gasteiger partial charge < -0.3 is 9.47 Å². The summed E-state index contributed by atoms with van der Waals surface area (Å²) in [6, 6.07) is 17.4. The molecular formula is C28H23F6N3O3. The molecule has 3 aromatic rings. The summed E-state index contributed by atoms with van der Waals surface area (Å²) in [5.41, 5.74) is 0.850. The number of ether oxygens (including phenoxy) is 2. The van der Waals surface area contributed by atoms with Crippen LogP contribution in [0.5, 0.6) is 11.5 Å². The van der Waals surface area contributed by atoms with Gasteiger partial charge >= 0.3 is 24.7 Å². The van der Waals surface area contributed by atoms with Crippen molar-refractivity contribution in [2.75, 3.05) is 18.0 Å². The molecule has 2 amide bonds. The fourth-order valence-electron chi connectivity index (χ4n) is 4.71. The van der Waals surface area contributed by atoms with E-state index >= 15 is 0 Å². The van der Waals surface area contributed by atoms with E-state index in [0.717, 1.165) is 17.7 Å². The molecule has 2 heterocycles. The summed E-state index contributed by atoms with van der Waals surface area (Å²) < 4.78 is 90.0. The van der Waals surface area contributed by atoms with Gasteiger partial charge in [-0.2, -0.15) is 31.4 Å². The third kappa shape index (κ3) is 4.93. The van der Waals surface area contributed by atoms with Crippen molar-refractivity contribution >= 4 is 17.4 Å². The number of halogens is 6. The zero-order valence-electron chi connectivity index (χ0n) is 21.0. The molecule has 210 valence electrons. The number of hydrogen-bond donors (Lipinski definition) is 0. The lowest BCUT2D eigenvalue weighted by atomic mass is 9.90. The molecule has 0 saturated heterocycles. The Bertz CT molecular complexity index is 1420. The molecule has 2 aliphatic heterocycles. The van der Waals surface area contributed by atoms with E-state index in [-0.39, 0.29) is 24.5 Å². The van der Waals surface area contributed by atoms with E-state index in [1.807, 2.05) is 30.3 Å². The van der Waals surface area contributed by atoms with E-state index in [0.29, 0.717) is 17.7 Å². The molecule has 0 aliphatic carbocycles. The number of fused-ring (bicyclic) bond motifs is 1. The Labute approximate surface area is 225 Å². The van der Waals surface area contributed by atoms with Gasteiger partial charge in [0.1, 0.15) is 11.5 Å². The highest BCUT2D eigenvalue weighted by Gasteiger charge is 2.66. The minimum atomic E-state index is -4.71. The standard InChI is InChI=1S/C28H23F6N3O3/c1-2-14-36(19-10-13-23-22(15-19)27(31,32)28(33,34)40-23)26(38)37-16-21(17-6-4-3-5-7-17)24(35-37)18-8-11-20(12-9-18)39-25(29)30/h3-13,15,21,25H,2,14,16H2,1H3. The van der Waals surface area contributed by atoms with Crippen LogP contribution in [0.25, 0.3) is 0 Å². The number of anilines is 1. The van der Waals surface area contributed by atoms with E-state index in [2.05, 4.69) is 14.6 Å². The summed E-state index contributed by atoms with van der Waals surface area (Å²) in [5.74, 6) is -5.67. The molecular weight excluding hydrogens is 540 g/mol. The maximum Gasteiger partial charge on any atom is 0.469 e. The smallest absolute Gasteiger partial charge is 0.435 e. The fraction of sp³-hybridized carbons (Fsp3) is 0.286. The Morgan fingerprint density at radius 2 is 1.77 bits per heavy atom. The largest absolute Gasteiger partial charge is 0.469 e. The molecule has 0 spiro atoms. The van der Waals surface area contributed by atoms with E-state index in [1.165, 1.54) is 28.1 Å². The van der Waals surface area contributed by atoms with Crippen molar-refractivity contribution in [3.8, 4) is 11.5 Å². The van der Waals surface area contributed by atoms with Crippen LogP contribution in [-0.2, 0) is 5.92 Å². The van der Waals surface area contributed by atoms with E-state index in [4.69, 9.17) is 0 Å². The van der Waals surface area contributed by atoms with Crippen molar-refractivity contribution in [1.29, 1.82) is 0 Å². The monoisotopic (exact) mass is 563 g/mol. The normalized spacial score (nSPS) is 18.8. The van der Waals surface area contributed by atoms with Gasteiger partial charge in [-0.05, 0) is 60.0 Å². The quantitative estimate of drug-likeness (QED) is 0.286. The molecule has 3 aromatic carbocycles. The molecule has 1 unspecified atom stereocenters. The lowest BCUT2D eigenvalue weighted by Crippen LogP contribution is -2.41. The molecule has 0 radical (unpaired) electrons. The Kier molecular flexibility index (Phi) is 7.11. The van der Waals surface area contributed by atoms with Crippen molar-refractivity contribution in [3.63, 3.8) is 0 Å². The lowest BCUT2D eigenvalue weighted by molar-refractivity contribution is -0.296. The van der Waals surface area contributed by atoms with Crippen LogP contribution < -0.4 is 14.4 Å². The summed E-state index contributed by atoms with van der Waals surface area (Å²) in [6.45, 7) is -1.03. The molecule has 0 bridgehead atoms. The van der Waals surface area contributed by atoms with E-state index in [9.17, 15) is 31.1 Å². The first-order chi connectivity index (χ1) is 19.0. The highest BCUT2D eigenvalue weighted by Crippen LogP contribution is 2.54. The lowest BCUT2D eigenvalue weighted by Gasteiger charge is -2.27. The first-order valence-electron chi connectivity index (χ1n) is 12.4. The zero-order valence-corrected chi connectivity index (χ0v) is 21.0. The van der Waals surface area contributed by atoms with Gasteiger partial charge in [-0.1, -0.05) is 37.3 Å². The molecule has 0 N–H and O–H groups in total. The van der Waals surface area contributed by atoms with Gasteiger partial charge in [0.05, 0.1) is 17.8 Å². The number of nitrogens with zero attached hydrogens (tertiary/aromatic N) is 3. The molecule has 12 heteroatoms. The minimum Gasteiger partial charge on any atom is -0.435 e. The molecule has 5 rings (SSSR count). The van der Waals surface area contributed by atoms with Crippen LogP contribution in [0.15, 0.2) is 77.9 Å². The molecule has 40 heavy (non-hydrogen) atoms. The number of hydrogen-bond acceptors (Lipinski definition) is 4. The number of alkyl halides is 6.